The molecule has 0 aliphatic carbocycles. The molecule has 2 aromatic rings. The van der Waals surface area contributed by atoms with Crippen molar-refractivity contribution in [3.8, 4) is 0 Å². The van der Waals surface area contributed by atoms with Crippen LogP contribution in [0.25, 0.3) is 0 Å². The highest BCUT2D eigenvalue weighted by molar-refractivity contribution is 5.92. The molecule has 1 unspecified atom stereocenters. The summed E-state index contributed by atoms with van der Waals surface area (Å²) in [5.41, 5.74) is 7.94. The molecule has 0 saturated carbocycles. The number of nitrogens with two attached hydrogens (primary N) is 1. The van der Waals surface area contributed by atoms with Gasteiger partial charge in [0.25, 0.3) is 0 Å². The first-order valence-corrected chi connectivity index (χ1v) is 6.94. The number of furan rings is 1. The van der Waals surface area contributed by atoms with Gasteiger partial charge in [0, 0.05) is 5.69 Å². The molecule has 112 valence electrons. The minimum absolute atomic E-state index is 0.149. The quantitative estimate of drug-likeness (QED) is 0.583. The highest BCUT2D eigenvalue weighted by Gasteiger charge is 2.09. The largest absolute Gasteiger partial charge is 0.467 e. The number of hydrogen-bond acceptors (Lipinski definition) is 3. The molecule has 5 nitrogen and oxygen atoms in total. The fourth-order valence-electron chi connectivity index (χ4n) is 1.92. The SMILES string of the molecule is CC(C)c1cccc(NC(N)=NCC(O)c2ccco2)c1. The Morgan fingerprint density at radius 2 is 2.14 bits per heavy atom. The van der Waals surface area contributed by atoms with Crippen LogP contribution >= 0.6 is 0 Å². The van der Waals surface area contributed by atoms with E-state index in [0.717, 1.165) is 5.69 Å². The normalized spacial score (nSPS) is 13.4. The molecule has 1 atom stereocenters. The van der Waals surface area contributed by atoms with Gasteiger partial charge in [-0.25, -0.2) is 4.99 Å². The van der Waals surface area contributed by atoms with E-state index in [9.17, 15) is 5.11 Å². The van der Waals surface area contributed by atoms with Crippen molar-refractivity contribution in [2.24, 2.45) is 10.7 Å². The fraction of sp³-hybridized carbons (Fsp3) is 0.312. The van der Waals surface area contributed by atoms with E-state index in [4.69, 9.17) is 10.2 Å². The summed E-state index contributed by atoms with van der Waals surface area (Å²) in [6, 6.07) is 11.4. The van der Waals surface area contributed by atoms with Crippen LogP contribution in [0.15, 0.2) is 52.1 Å². The highest BCUT2D eigenvalue weighted by Crippen LogP contribution is 2.18. The van der Waals surface area contributed by atoms with Crippen LogP contribution in [0.5, 0.6) is 0 Å². The van der Waals surface area contributed by atoms with Crippen LogP contribution in [0.4, 0.5) is 5.69 Å². The predicted octanol–water partition coefficient (Wildman–Crippen LogP) is 2.86. The van der Waals surface area contributed by atoms with Gasteiger partial charge in [0.1, 0.15) is 11.9 Å². The molecule has 0 aliphatic heterocycles. The second kappa shape index (κ2) is 6.95. The zero-order valence-electron chi connectivity index (χ0n) is 12.3. The Morgan fingerprint density at radius 3 is 2.81 bits per heavy atom. The van der Waals surface area contributed by atoms with Crippen molar-refractivity contribution >= 4 is 11.6 Å². The number of aliphatic hydroxyl groups is 1. The number of anilines is 1. The number of hydrogen-bond donors (Lipinski definition) is 3. The van der Waals surface area contributed by atoms with E-state index in [2.05, 4.69) is 30.2 Å². The number of guanidine groups is 1. The smallest absolute Gasteiger partial charge is 0.193 e. The first-order valence-electron chi connectivity index (χ1n) is 6.94. The van der Waals surface area contributed by atoms with Gasteiger partial charge in [-0.3, -0.25) is 0 Å². The van der Waals surface area contributed by atoms with Gasteiger partial charge in [-0.1, -0.05) is 26.0 Å². The molecular weight excluding hydrogens is 266 g/mol. The van der Waals surface area contributed by atoms with Gasteiger partial charge in [0.15, 0.2) is 5.96 Å². The van der Waals surface area contributed by atoms with Gasteiger partial charge in [-0.2, -0.15) is 0 Å². The average Bonchev–Trinajstić information content (AvgIpc) is 2.99. The monoisotopic (exact) mass is 287 g/mol. The predicted molar refractivity (Wildman–Crippen MR) is 84.3 cm³/mol. The first kappa shape index (κ1) is 15.1. The summed E-state index contributed by atoms with van der Waals surface area (Å²) in [5.74, 6) is 1.19. The van der Waals surface area contributed by atoms with Gasteiger partial charge in [0.2, 0.25) is 0 Å². The molecular formula is C16H21N3O2. The van der Waals surface area contributed by atoms with E-state index in [-0.39, 0.29) is 12.5 Å². The molecule has 1 aromatic carbocycles. The number of rotatable bonds is 5. The first-order chi connectivity index (χ1) is 10.1. The molecule has 0 aliphatic rings. The number of benzene rings is 1. The number of nitrogens with one attached hydrogen (secondary N) is 1. The molecule has 1 heterocycles. The zero-order chi connectivity index (χ0) is 15.2. The summed E-state index contributed by atoms with van der Waals surface area (Å²) < 4.78 is 5.11. The van der Waals surface area contributed by atoms with Crippen molar-refractivity contribution < 1.29 is 9.52 Å². The van der Waals surface area contributed by atoms with E-state index >= 15 is 0 Å². The maximum atomic E-state index is 9.86. The molecule has 5 heteroatoms. The van der Waals surface area contributed by atoms with Crippen LogP contribution in [-0.4, -0.2) is 17.6 Å². The third-order valence-corrected chi connectivity index (χ3v) is 3.13. The molecule has 2 rings (SSSR count). The van der Waals surface area contributed by atoms with Crippen LogP contribution in [-0.2, 0) is 0 Å². The number of aliphatic imine (C=N–C) groups is 1. The summed E-state index contributed by atoms with van der Waals surface area (Å²) in [6.45, 7) is 4.42. The lowest BCUT2D eigenvalue weighted by molar-refractivity contribution is 0.158. The Morgan fingerprint density at radius 1 is 1.33 bits per heavy atom. The van der Waals surface area contributed by atoms with Gasteiger partial charge in [-0.05, 0) is 35.7 Å². The Labute approximate surface area is 124 Å². The molecule has 21 heavy (non-hydrogen) atoms. The van der Waals surface area contributed by atoms with E-state index in [1.54, 1.807) is 12.1 Å². The van der Waals surface area contributed by atoms with Crippen molar-refractivity contribution in [1.82, 2.24) is 0 Å². The van der Waals surface area contributed by atoms with Crippen molar-refractivity contribution in [2.75, 3.05) is 11.9 Å². The second-order valence-electron chi connectivity index (χ2n) is 5.16. The second-order valence-corrected chi connectivity index (χ2v) is 5.16. The van der Waals surface area contributed by atoms with Gasteiger partial charge in [-0.15, -0.1) is 0 Å². The van der Waals surface area contributed by atoms with E-state index < -0.39 is 6.10 Å². The molecule has 0 fully saturated rings. The van der Waals surface area contributed by atoms with Crippen LogP contribution in [0.2, 0.25) is 0 Å². The number of aliphatic hydroxyl groups excluding tert-OH is 1. The average molecular weight is 287 g/mol. The molecule has 0 amide bonds. The van der Waals surface area contributed by atoms with Crippen molar-refractivity contribution in [3.63, 3.8) is 0 Å². The summed E-state index contributed by atoms with van der Waals surface area (Å²) in [7, 11) is 0. The van der Waals surface area contributed by atoms with Crippen LogP contribution < -0.4 is 11.1 Å². The summed E-state index contributed by atoms with van der Waals surface area (Å²) in [4.78, 5) is 4.12. The Kier molecular flexibility index (Phi) is 5.00. The van der Waals surface area contributed by atoms with E-state index in [1.807, 2.05) is 18.2 Å². The van der Waals surface area contributed by atoms with Crippen LogP contribution in [0.3, 0.4) is 0 Å². The Hall–Kier alpha value is -2.27. The van der Waals surface area contributed by atoms with E-state index in [1.165, 1.54) is 11.8 Å². The van der Waals surface area contributed by atoms with Crippen molar-refractivity contribution in [3.05, 3.63) is 54.0 Å². The lowest BCUT2D eigenvalue weighted by Gasteiger charge is -2.10. The highest BCUT2D eigenvalue weighted by atomic mass is 16.4. The lowest BCUT2D eigenvalue weighted by atomic mass is 10.0. The Balaban J connectivity index is 1.96. The van der Waals surface area contributed by atoms with Gasteiger partial charge >= 0.3 is 0 Å². The molecule has 0 radical (unpaired) electrons. The molecule has 1 aromatic heterocycles. The van der Waals surface area contributed by atoms with Crippen LogP contribution in [0, 0.1) is 0 Å². The third kappa shape index (κ3) is 4.36. The zero-order valence-corrected chi connectivity index (χ0v) is 12.3. The summed E-state index contributed by atoms with van der Waals surface area (Å²) in [6.07, 6.45) is 0.726. The third-order valence-electron chi connectivity index (χ3n) is 3.13. The van der Waals surface area contributed by atoms with Crippen LogP contribution in [0.1, 0.15) is 37.2 Å². The fourth-order valence-corrected chi connectivity index (χ4v) is 1.92. The lowest BCUT2D eigenvalue weighted by Crippen LogP contribution is -2.23. The van der Waals surface area contributed by atoms with Crippen molar-refractivity contribution in [1.29, 1.82) is 0 Å². The maximum absolute atomic E-state index is 9.86. The maximum Gasteiger partial charge on any atom is 0.193 e. The number of nitrogens with zero attached hydrogens (tertiary/aromatic N) is 1. The molecule has 0 bridgehead atoms. The molecule has 0 saturated heterocycles. The topological polar surface area (TPSA) is 83.8 Å². The summed E-state index contributed by atoms with van der Waals surface area (Å²) >= 11 is 0. The van der Waals surface area contributed by atoms with Gasteiger partial charge < -0.3 is 20.6 Å². The standard InChI is InChI=1S/C16H21N3O2/c1-11(2)12-5-3-6-13(9-12)19-16(17)18-10-14(20)15-7-4-8-21-15/h3-9,11,14,20H,10H2,1-2H3,(H3,17,18,19). The minimum atomic E-state index is -0.789. The van der Waals surface area contributed by atoms with Gasteiger partial charge in [0.05, 0.1) is 12.8 Å². The minimum Gasteiger partial charge on any atom is -0.467 e. The Bertz CT molecular complexity index is 591. The molecule has 4 N–H and O–H groups in total. The van der Waals surface area contributed by atoms with Crippen molar-refractivity contribution in [2.45, 2.75) is 25.9 Å². The summed E-state index contributed by atoms with van der Waals surface area (Å²) in [5, 5.41) is 12.9. The van der Waals surface area contributed by atoms with E-state index in [0.29, 0.717) is 11.7 Å². The molecule has 0 spiro atoms.